The smallest absolute Gasteiger partial charge is 0.239 e. The molecule has 0 radical (unpaired) electrons. The van der Waals surface area contributed by atoms with Crippen LogP contribution in [-0.4, -0.2) is 32.4 Å². The van der Waals surface area contributed by atoms with E-state index in [4.69, 9.17) is 5.73 Å². The molecule has 6 heteroatoms. The summed E-state index contributed by atoms with van der Waals surface area (Å²) in [7, 11) is -3.37. The second-order valence-corrected chi connectivity index (χ2v) is 6.34. The zero-order valence-electron chi connectivity index (χ0n) is 10.3. The molecule has 0 aliphatic heterocycles. The number of aryl methyl sites for hydroxylation is 1. The normalized spacial score (nSPS) is 11.2. The van der Waals surface area contributed by atoms with E-state index < -0.39 is 21.5 Å². The van der Waals surface area contributed by atoms with Gasteiger partial charge in [-0.05, 0) is 37.6 Å². The SMILES string of the molecule is Cc1cccc(NC(=O)CS(=O)(=O)CCCN)c1. The molecule has 0 aliphatic rings. The van der Waals surface area contributed by atoms with Gasteiger partial charge in [0.1, 0.15) is 5.75 Å². The molecule has 1 aromatic carbocycles. The summed E-state index contributed by atoms with van der Waals surface area (Å²) in [4.78, 5) is 11.6. The van der Waals surface area contributed by atoms with Gasteiger partial charge in [0, 0.05) is 5.69 Å². The zero-order valence-corrected chi connectivity index (χ0v) is 11.2. The third-order valence-corrected chi connectivity index (χ3v) is 3.93. The largest absolute Gasteiger partial charge is 0.330 e. The first-order valence-corrected chi connectivity index (χ1v) is 7.52. The minimum atomic E-state index is -3.37. The van der Waals surface area contributed by atoms with Crippen LogP contribution < -0.4 is 11.1 Å². The van der Waals surface area contributed by atoms with Gasteiger partial charge < -0.3 is 11.1 Å². The van der Waals surface area contributed by atoms with Crippen molar-refractivity contribution in [3.05, 3.63) is 29.8 Å². The van der Waals surface area contributed by atoms with Gasteiger partial charge in [0.15, 0.2) is 9.84 Å². The van der Waals surface area contributed by atoms with Crippen molar-refractivity contribution in [2.75, 3.05) is 23.4 Å². The number of carbonyl (C=O) groups excluding carboxylic acids is 1. The molecular formula is C12H18N2O3S. The molecule has 1 rings (SSSR count). The van der Waals surface area contributed by atoms with E-state index in [-0.39, 0.29) is 5.75 Å². The molecule has 0 unspecified atom stereocenters. The van der Waals surface area contributed by atoms with E-state index in [2.05, 4.69) is 5.32 Å². The summed E-state index contributed by atoms with van der Waals surface area (Å²) < 4.78 is 23.1. The fourth-order valence-corrected chi connectivity index (χ4v) is 2.72. The molecule has 0 aromatic heterocycles. The molecule has 0 saturated heterocycles. The fourth-order valence-electron chi connectivity index (χ4n) is 1.50. The molecule has 0 spiro atoms. The first kappa shape index (κ1) is 14.7. The Morgan fingerprint density at radius 2 is 2.11 bits per heavy atom. The minimum absolute atomic E-state index is 0.0509. The van der Waals surface area contributed by atoms with Crippen molar-refractivity contribution in [3.8, 4) is 0 Å². The molecule has 0 aliphatic carbocycles. The van der Waals surface area contributed by atoms with E-state index in [1.165, 1.54) is 0 Å². The number of hydrogen-bond acceptors (Lipinski definition) is 4. The number of nitrogens with two attached hydrogens (primary N) is 1. The third kappa shape index (κ3) is 5.29. The molecule has 5 nitrogen and oxygen atoms in total. The number of sulfone groups is 1. The maximum atomic E-state index is 11.6. The highest BCUT2D eigenvalue weighted by Crippen LogP contribution is 2.09. The Kier molecular flexibility index (Phi) is 5.30. The molecular weight excluding hydrogens is 252 g/mol. The highest BCUT2D eigenvalue weighted by Gasteiger charge is 2.16. The van der Waals surface area contributed by atoms with Crippen molar-refractivity contribution < 1.29 is 13.2 Å². The van der Waals surface area contributed by atoms with E-state index in [0.29, 0.717) is 18.7 Å². The van der Waals surface area contributed by atoms with Crippen LogP contribution in [0, 0.1) is 6.92 Å². The first-order chi connectivity index (χ1) is 8.43. The van der Waals surface area contributed by atoms with Gasteiger partial charge in [-0.3, -0.25) is 4.79 Å². The summed E-state index contributed by atoms with van der Waals surface area (Å²) in [6.07, 6.45) is 0.375. The predicted molar refractivity (Wildman–Crippen MR) is 72.1 cm³/mol. The Labute approximate surface area is 107 Å². The summed E-state index contributed by atoms with van der Waals surface area (Å²) >= 11 is 0. The van der Waals surface area contributed by atoms with Crippen molar-refractivity contribution in [1.82, 2.24) is 0 Å². The number of anilines is 1. The van der Waals surface area contributed by atoms with Crippen molar-refractivity contribution in [2.45, 2.75) is 13.3 Å². The van der Waals surface area contributed by atoms with E-state index in [9.17, 15) is 13.2 Å². The lowest BCUT2D eigenvalue weighted by Gasteiger charge is -2.06. The average Bonchev–Trinajstić information content (AvgIpc) is 2.25. The van der Waals surface area contributed by atoms with Gasteiger partial charge >= 0.3 is 0 Å². The third-order valence-electron chi connectivity index (χ3n) is 2.31. The van der Waals surface area contributed by atoms with E-state index in [1.54, 1.807) is 18.2 Å². The van der Waals surface area contributed by atoms with Gasteiger partial charge in [-0.1, -0.05) is 12.1 Å². The van der Waals surface area contributed by atoms with Crippen LogP contribution >= 0.6 is 0 Å². The highest BCUT2D eigenvalue weighted by molar-refractivity contribution is 7.92. The van der Waals surface area contributed by atoms with Crippen LogP contribution in [0.1, 0.15) is 12.0 Å². The van der Waals surface area contributed by atoms with Crippen LogP contribution in [0.25, 0.3) is 0 Å². The average molecular weight is 270 g/mol. The Morgan fingerprint density at radius 1 is 1.39 bits per heavy atom. The summed E-state index contributed by atoms with van der Waals surface area (Å²) in [5.41, 5.74) is 6.85. The maximum absolute atomic E-state index is 11.6. The summed E-state index contributed by atoms with van der Waals surface area (Å²) in [6.45, 7) is 2.20. The molecule has 0 bridgehead atoms. The number of nitrogens with one attached hydrogen (secondary N) is 1. The lowest BCUT2D eigenvalue weighted by molar-refractivity contribution is -0.113. The fraction of sp³-hybridized carbons (Fsp3) is 0.417. The van der Waals surface area contributed by atoms with Crippen molar-refractivity contribution >= 4 is 21.4 Å². The molecule has 100 valence electrons. The van der Waals surface area contributed by atoms with Gasteiger partial charge in [0.25, 0.3) is 0 Å². The topological polar surface area (TPSA) is 89.3 Å². The highest BCUT2D eigenvalue weighted by atomic mass is 32.2. The van der Waals surface area contributed by atoms with Crippen molar-refractivity contribution in [1.29, 1.82) is 0 Å². The lowest BCUT2D eigenvalue weighted by atomic mass is 10.2. The van der Waals surface area contributed by atoms with E-state index >= 15 is 0 Å². The van der Waals surface area contributed by atoms with Crippen LogP contribution in [0.4, 0.5) is 5.69 Å². The molecule has 18 heavy (non-hydrogen) atoms. The summed E-state index contributed by atoms with van der Waals surface area (Å²) in [6, 6.07) is 7.20. The van der Waals surface area contributed by atoms with Gasteiger partial charge in [-0.2, -0.15) is 0 Å². The predicted octanol–water partition coefficient (Wildman–Crippen LogP) is 0.697. The van der Waals surface area contributed by atoms with Crippen LogP contribution in [0.15, 0.2) is 24.3 Å². The van der Waals surface area contributed by atoms with Crippen LogP contribution in [-0.2, 0) is 14.6 Å². The first-order valence-electron chi connectivity index (χ1n) is 5.70. The van der Waals surface area contributed by atoms with Gasteiger partial charge in [-0.15, -0.1) is 0 Å². The van der Waals surface area contributed by atoms with Crippen LogP contribution in [0.3, 0.4) is 0 Å². The van der Waals surface area contributed by atoms with Crippen molar-refractivity contribution in [3.63, 3.8) is 0 Å². The molecule has 0 heterocycles. The molecule has 0 atom stereocenters. The minimum Gasteiger partial charge on any atom is -0.330 e. The molecule has 1 aromatic rings. The van der Waals surface area contributed by atoms with Gasteiger partial charge in [0.2, 0.25) is 5.91 Å². The maximum Gasteiger partial charge on any atom is 0.239 e. The number of rotatable bonds is 6. The summed E-state index contributed by atoms with van der Waals surface area (Å²) in [5, 5.41) is 2.57. The standard InChI is InChI=1S/C12H18N2O3S/c1-10-4-2-5-11(8-10)14-12(15)9-18(16,17)7-3-6-13/h2,4-5,8H,3,6-7,9,13H2,1H3,(H,14,15). The number of carbonyl (C=O) groups is 1. The summed E-state index contributed by atoms with van der Waals surface area (Å²) in [5.74, 6) is -1.07. The van der Waals surface area contributed by atoms with Crippen LogP contribution in [0.5, 0.6) is 0 Å². The Hall–Kier alpha value is -1.40. The molecule has 0 saturated carbocycles. The second kappa shape index (κ2) is 6.51. The van der Waals surface area contributed by atoms with E-state index in [1.807, 2.05) is 13.0 Å². The number of benzene rings is 1. The molecule has 0 fully saturated rings. The Morgan fingerprint density at radius 3 is 2.72 bits per heavy atom. The Balaban J connectivity index is 2.57. The molecule has 1 amide bonds. The lowest BCUT2D eigenvalue weighted by Crippen LogP contribution is -2.25. The Bertz CT molecular complexity index is 512. The zero-order chi connectivity index (χ0) is 13.6. The van der Waals surface area contributed by atoms with E-state index in [0.717, 1.165) is 5.56 Å². The van der Waals surface area contributed by atoms with Crippen LogP contribution in [0.2, 0.25) is 0 Å². The molecule has 3 N–H and O–H groups in total. The van der Waals surface area contributed by atoms with Gasteiger partial charge in [0.05, 0.1) is 5.75 Å². The van der Waals surface area contributed by atoms with Crippen molar-refractivity contribution in [2.24, 2.45) is 5.73 Å². The monoisotopic (exact) mass is 270 g/mol. The number of amides is 1. The number of hydrogen-bond donors (Lipinski definition) is 2. The second-order valence-electron chi connectivity index (χ2n) is 4.15. The van der Waals surface area contributed by atoms with Gasteiger partial charge in [-0.25, -0.2) is 8.42 Å². The quantitative estimate of drug-likeness (QED) is 0.796.